The molecular weight excluding hydrogens is 168 g/mol. The van der Waals surface area contributed by atoms with E-state index in [4.69, 9.17) is 0 Å². The van der Waals surface area contributed by atoms with Crippen LogP contribution in [0.4, 0.5) is 4.79 Å². The van der Waals surface area contributed by atoms with Crippen LogP contribution in [0.15, 0.2) is 0 Å². The molecule has 0 bridgehead atoms. The average Bonchev–Trinajstić information content (AvgIpc) is 2.03. The number of hydrogen-bond acceptors (Lipinski definition) is 5. The van der Waals surface area contributed by atoms with Gasteiger partial charge in [0.2, 0.25) is 0 Å². The molecule has 0 saturated heterocycles. The fraction of sp³-hybridized carbons (Fsp3) is 0.800. The fourth-order valence-electron chi connectivity index (χ4n) is 0.474. The van der Waals surface area contributed by atoms with Crippen LogP contribution >= 0.6 is 0 Å². The number of hydrogen-bond donors (Lipinski definition) is 1. The number of carbonyl (C=O) groups is 1. The molecule has 1 amide bonds. The fourth-order valence-corrected chi connectivity index (χ4v) is 0.474. The van der Waals surface area contributed by atoms with Gasteiger partial charge in [0.15, 0.2) is 0 Å². The van der Waals surface area contributed by atoms with Gasteiger partial charge in [-0.05, 0) is 6.42 Å². The van der Waals surface area contributed by atoms with Gasteiger partial charge in [0.25, 0.3) is 5.09 Å². The zero-order valence-corrected chi connectivity index (χ0v) is 6.61. The van der Waals surface area contributed by atoms with E-state index in [-0.39, 0.29) is 6.61 Å². The van der Waals surface area contributed by atoms with Crippen molar-refractivity contribution in [1.82, 2.24) is 5.32 Å². The summed E-state index contributed by atoms with van der Waals surface area (Å²) >= 11 is 0. The lowest BCUT2D eigenvalue weighted by molar-refractivity contribution is -0.757. The first-order chi connectivity index (χ1) is 5.66. The van der Waals surface area contributed by atoms with E-state index in [1.165, 1.54) is 7.11 Å². The van der Waals surface area contributed by atoms with Crippen molar-refractivity contribution >= 4 is 6.09 Å². The highest BCUT2D eigenvalue weighted by Crippen LogP contribution is 1.81. The topological polar surface area (TPSA) is 90.7 Å². The molecule has 7 nitrogen and oxygen atoms in total. The third kappa shape index (κ3) is 6.59. The number of ether oxygens (including phenoxy) is 1. The first-order valence-corrected chi connectivity index (χ1v) is 3.26. The Kier molecular flexibility index (Phi) is 5.41. The van der Waals surface area contributed by atoms with Gasteiger partial charge in [-0.1, -0.05) is 0 Å². The highest BCUT2D eigenvalue weighted by atomic mass is 16.9. The Labute approximate surface area is 68.7 Å². The number of carbonyl (C=O) groups excluding carboxylic acids is 1. The van der Waals surface area contributed by atoms with E-state index < -0.39 is 11.2 Å². The lowest BCUT2D eigenvalue weighted by atomic mass is 10.4. The molecule has 0 aromatic rings. The maximum Gasteiger partial charge on any atom is 0.406 e. The van der Waals surface area contributed by atoms with Crippen LogP contribution in [-0.4, -0.2) is 31.4 Å². The van der Waals surface area contributed by atoms with E-state index in [0.717, 1.165) is 0 Å². The minimum absolute atomic E-state index is 0.0308. The maximum atomic E-state index is 10.4. The molecule has 0 fully saturated rings. The van der Waals surface area contributed by atoms with Crippen LogP contribution in [0.1, 0.15) is 6.42 Å². The summed E-state index contributed by atoms with van der Waals surface area (Å²) in [6.07, 6.45) is -0.188. The Morgan fingerprint density at radius 2 is 2.33 bits per heavy atom. The van der Waals surface area contributed by atoms with Crippen molar-refractivity contribution in [2.24, 2.45) is 0 Å². The lowest BCUT2D eigenvalue weighted by Gasteiger charge is -2.01. The van der Waals surface area contributed by atoms with Crippen LogP contribution in [0.2, 0.25) is 0 Å². The predicted molar refractivity (Wildman–Crippen MR) is 38.0 cm³/mol. The Balaban J connectivity index is 3.11. The normalized spacial score (nSPS) is 8.75. The third-order valence-corrected chi connectivity index (χ3v) is 0.973. The van der Waals surface area contributed by atoms with Gasteiger partial charge < -0.3 is 14.9 Å². The van der Waals surface area contributed by atoms with Crippen LogP contribution < -0.4 is 5.32 Å². The molecule has 0 spiro atoms. The molecule has 1 N–H and O–H groups in total. The predicted octanol–water partition coefficient (Wildman–Crippen LogP) is -0.0592. The number of rotatable bonds is 5. The summed E-state index contributed by atoms with van der Waals surface area (Å²) in [5, 5.41) is 11.1. The Hall–Kier alpha value is -1.53. The zero-order chi connectivity index (χ0) is 9.40. The van der Waals surface area contributed by atoms with E-state index in [9.17, 15) is 14.9 Å². The van der Waals surface area contributed by atoms with Crippen molar-refractivity contribution in [1.29, 1.82) is 0 Å². The molecule has 0 unspecified atom stereocenters. The van der Waals surface area contributed by atoms with Gasteiger partial charge >= 0.3 is 6.09 Å². The molecule has 0 heterocycles. The average molecular weight is 178 g/mol. The minimum atomic E-state index is -0.877. The Morgan fingerprint density at radius 3 is 2.83 bits per heavy atom. The summed E-state index contributed by atoms with van der Waals surface area (Å²) in [4.78, 5) is 24.0. The third-order valence-electron chi connectivity index (χ3n) is 0.973. The van der Waals surface area contributed by atoms with Crippen LogP contribution in [0.25, 0.3) is 0 Å². The number of nitrogens with zero attached hydrogens (tertiary/aromatic N) is 1. The zero-order valence-electron chi connectivity index (χ0n) is 6.61. The van der Waals surface area contributed by atoms with Crippen molar-refractivity contribution in [3.05, 3.63) is 10.1 Å². The summed E-state index contributed by atoms with van der Waals surface area (Å²) in [5.41, 5.74) is 0. The van der Waals surface area contributed by atoms with Crippen LogP contribution in [0.3, 0.4) is 0 Å². The number of methoxy groups -OCH3 is 1. The summed E-state index contributed by atoms with van der Waals surface area (Å²) in [5.74, 6) is 0. The second-order valence-corrected chi connectivity index (χ2v) is 1.83. The molecule has 0 aliphatic heterocycles. The van der Waals surface area contributed by atoms with E-state index in [1.54, 1.807) is 0 Å². The molecule has 0 aliphatic rings. The smallest absolute Gasteiger partial charge is 0.406 e. The van der Waals surface area contributed by atoms with Crippen molar-refractivity contribution in [3.63, 3.8) is 0 Å². The summed E-state index contributed by atoms with van der Waals surface area (Å²) in [7, 11) is 1.24. The van der Waals surface area contributed by atoms with Gasteiger partial charge in [-0.2, -0.15) is 0 Å². The number of alkyl carbamates (subject to hydrolysis) is 1. The van der Waals surface area contributed by atoms with E-state index in [0.29, 0.717) is 13.0 Å². The van der Waals surface area contributed by atoms with Crippen molar-refractivity contribution in [3.8, 4) is 0 Å². The largest absolute Gasteiger partial charge is 0.453 e. The highest BCUT2D eigenvalue weighted by molar-refractivity contribution is 5.66. The van der Waals surface area contributed by atoms with Gasteiger partial charge in [-0.25, -0.2) is 4.79 Å². The van der Waals surface area contributed by atoms with Crippen LogP contribution in [-0.2, 0) is 9.57 Å². The van der Waals surface area contributed by atoms with E-state index >= 15 is 0 Å². The van der Waals surface area contributed by atoms with Gasteiger partial charge in [0, 0.05) is 6.54 Å². The first kappa shape index (κ1) is 10.5. The molecule has 12 heavy (non-hydrogen) atoms. The molecule has 0 atom stereocenters. The monoisotopic (exact) mass is 178 g/mol. The molecule has 70 valence electrons. The maximum absolute atomic E-state index is 10.4. The second-order valence-electron chi connectivity index (χ2n) is 1.83. The van der Waals surface area contributed by atoms with Gasteiger partial charge in [0.05, 0.1) is 13.7 Å². The van der Waals surface area contributed by atoms with E-state index in [2.05, 4.69) is 14.9 Å². The van der Waals surface area contributed by atoms with Crippen molar-refractivity contribution in [2.75, 3.05) is 20.3 Å². The summed E-state index contributed by atoms with van der Waals surface area (Å²) < 4.78 is 4.25. The van der Waals surface area contributed by atoms with Crippen LogP contribution in [0, 0.1) is 10.1 Å². The number of amides is 1. The van der Waals surface area contributed by atoms with Crippen molar-refractivity contribution < 1.29 is 19.5 Å². The quantitative estimate of drug-likeness (QED) is 0.362. The second kappa shape index (κ2) is 6.20. The molecular formula is C5H10N2O5. The van der Waals surface area contributed by atoms with Crippen molar-refractivity contribution in [2.45, 2.75) is 6.42 Å². The van der Waals surface area contributed by atoms with E-state index in [1.807, 2.05) is 0 Å². The number of nitrogens with one attached hydrogen (secondary N) is 1. The first-order valence-electron chi connectivity index (χ1n) is 3.26. The van der Waals surface area contributed by atoms with Gasteiger partial charge in [-0.3, -0.25) is 0 Å². The molecule has 0 aromatic carbocycles. The minimum Gasteiger partial charge on any atom is -0.453 e. The summed E-state index contributed by atoms with van der Waals surface area (Å²) in [6.45, 7) is 0.261. The molecule has 0 aromatic heterocycles. The summed E-state index contributed by atoms with van der Waals surface area (Å²) in [6, 6.07) is 0. The highest BCUT2D eigenvalue weighted by Gasteiger charge is 1.97. The Morgan fingerprint density at radius 1 is 1.67 bits per heavy atom. The lowest BCUT2D eigenvalue weighted by Crippen LogP contribution is -2.25. The standard InChI is InChI=1S/C5H10N2O5/c1-11-5(8)6-3-2-4-12-7(9)10/h2-4H2,1H3,(H,6,8). The van der Waals surface area contributed by atoms with Crippen LogP contribution in [0.5, 0.6) is 0 Å². The van der Waals surface area contributed by atoms with Gasteiger partial charge in [-0.15, -0.1) is 10.1 Å². The molecule has 0 radical (unpaired) electrons. The molecule has 0 rings (SSSR count). The SMILES string of the molecule is COC(=O)NCCCO[N+](=O)[O-]. The molecule has 7 heteroatoms. The molecule has 0 saturated carbocycles. The Bertz CT molecular complexity index is 160. The molecule has 0 aliphatic carbocycles. The van der Waals surface area contributed by atoms with Gasteiger partial charge in [0.1, 0.15) is 0 Å².